The van der Waals surface area contributed by atoms with E-state index in [9.17, 15) is 0 Å². The zero-order valence-electron chi connectivity index (χ0n) is 17.1. The molecule has 1 aliphatic rings. The molecule has 0 aliphatic carbocycles. The predicted molar refractivity (Wildman–Crippen MR) is 124 cm³/mol. The van der Waals surface area contributed by atoms with Crippen molar-refractivity contribution in [2.45, 2.75) is 18.5 Å². The Morgan fingerprint density at radius 3 is 2.70 bits per heavy atom. The number of pyridine rings is 2. The Hall–Kier alpha value is -2.48. The zero-order valence-corrected chi connectivity index (χ0v) is 18.6. The standard InChI is InChI=1S/C22H25ClN6S/c1-27(2)12-6-14-29-21(20(26-22(29)30)17-7-3-4-11-24-17)18-8-5-13-28(18)19-10-9-16(23)15-25-19/h3-5,7-11,13,15,20-21H,6,12,14H2,1-2H3,(H,26,30)/t20-,21-/m0/s1. The third-order valence-electron chi connectivity index (χ3n) is 5.24. The van der Waals surface area contributed by atoms with Crippen molar-refractivity contribution in [1.29, 1.82) is 0 Å². The van der Waals surface area contributed by atoms with Crippen LogP contribution in [-0.2, 0) is 0 Å². The van der Waals surface area contributed by atoms with E-state index >= 15 is 0 Å². The van der Waals surface area contributed by atoms with Crippen molar-refractivity contribution in [2.75, 3.05) is 27.2 Å². The lowest BCUT2D eigenvalue weighted by Gasteiger charge is -2.29. The van der Waals surface area contributed by atoms with E-state index in [4.69, 9.17) is 23.8 Å². The molecule has 30 heavy (non-hydrogen) atoms. The molecular weight excluding hydrogens is 416 g/mol. The van der Waals surface area contributed by atoms with Gasteiger partial charge in [-0.05, 0) is 75.7 Å². The average Bonchev–Trinajstić information content (AvgIpc) is 3.34. The Kier molecular flexibility index (Phi) is 6.32. The number of halogens is 1. The lowest BCUT2D eigenvalue weighted by Crippen LogP contribution is -2.33. The molecule has 4 rings (SSSR count). The van der Waals surface area contributed by atoms with E-state index in [1.165, 1.54) is 0 Å². The highest BCUT2D eigenvalue weighted by Gasteiger charge is 2.41. The minimum Gasteiger partial charge on any atom is -0.352 e. The SMILES string of the molecule is CN(C)CCCN1C(=S)N[C@@H](c2ccccn2)[C@@H]1c1cccn1-c1ccc(Cl)cn1. The van der Waals surface area contributed by atoms with Gasteiger partial charge in [0, 0.05) is 30.8 Å². The fourth-order valence-corrected chi connectivity index (χ4v) is 4.32. The van der Waals surface area contributed by atoms with Crippen molar-refractivity contribution >= 4 is 28.9 Å². The zero-order chi connectivity index (χ0) is 21.1. The summed E-state index contributed by atoms with van der Waals surface area (Å²) >= 11 is 11.8. The minimum atomic E-state index is -0.0426. The van der Waals surface area contributed by atoms with Gasteiger partial charge in [-0.1, -0.05) is 17.7 Å². The van der Waals surface area contributed by atoms with E-state index in [1.807, 2.05) is 48.8 Å². The van der Waals surface area contributed by atoms with Crippen LogP contribution in [0.2, 0.25) is 5.02 Å². The van der Waals surface area contributed by atoms with E-state index in [0.29, 0.717) is 5.02 Å². The Morgan fingerprint density at radius 2 is 2.00 bits per heavy atom. The van der Waals surface area contributed by atoms with Gasteiger partial charge in [-0.2, -0.15) is 0 Å². The van der Waals surface area contributed by atoms with Gasteiger partial charge >= 0.3 is 0 Å². The number of thiocarbonyl (C=S) groups is 1. The van der Waals surface area contributed by atoms with Crippen LogP contribution in [0.4, 0.5) is 0 Å². The van der Waals surface area contributed by atoms with Gasteiger partial charge in [-0.25, -0.2) is 4.98 Å². The Balaban J connectivity index is 1.73. The highest BCUT2D eigenvalue weighted by atomic mass is 35.5. The van der Waals surface area contributed by atoms with E-state index in [2.05, 4.69) is 49.8 Å². The molecule has 1 fully saturated rings. The van der Waals surface area contributed by atoms with Gasteiger partial charge in [0.2, 0.25) is 0 Å². The molecule has 1 N–H and O–H groups in total. The van der Waals surface area contributed by atoms with Crippen molar-refractivity contribution in [3.8, 4) is 5.82 Å². The highest BCUT2D eigenvalue weighted by molar-refractivity contribution is 7.80. The van der Waals surface area contributed by atoms with E-state index in [0.717, 1.165) is 41.8 Å². The fourth-order valence-electron chi connectivity index (χ4n) is 3.88. The molecule has 6 nitrogen and oxygen atoms in total. The topological polar surface area (TPSA) is 49.2 Å². The summed E-state index contributed by atoms with van der Waals surface area (Å²) in [6.45, 7) is 1.86. The van der Waals surface area contributed by atoms with Crippen LogP contribution in [0.25, 0.3) is 5.82 Å². The lowest BCUT2D eigenvalue weighted by molar-refractivity contribution is 0.286. The maximum Gasteiger partial charge on any atom is 0.170 e. The smallest absolute Gasteiger partial charge is 0.170 e. The van der Waals surface area contributed by atoms with Crippen molar-refractivity contribution in [3.63, 3.8) is 0 Å². The molecule has 0 bridgehead atoms. The van der Waals surface area contributed by atoms with Crippen LogP contribution in [0.1, 0.15) is 29.9 Å². The first-order chi connectivity index (χ1) is 14.5. The van der Waals surface area contributed by atoms with Crippen molar-refractivity contribution < 1.29 is 0 Å². The summed E-state index contributed by atoms with van der Waals surface area (Å²) in [5, 5.41) is 4.89. The molecule has 1 aliphatic heterocycles. The quantitative estimate of drug-likeness (QED) is 0.563. The number of aromatic nitrogens is 3. The van der Waals surface area contributed by atoms with Crippen LogP contribution in [0.3, 0.4) is 0 Å². The first-order valence-corrected chi connectivity index (χ1v) is 10.7. The third kappa shape index (κ3) is 4.33. The van der Waals surface area contributed by atoms with E-state index < -0.39 is 0 Å². The van der Waals surface area contributed by atoms with Crippen LogP contribution < -0.4 is 5.32 Å². The summed E-state index contributed by atoms with van der Waals surface area (Å²) in [6.07, 6.45) is 6.54. The number of hydrogen-bond acceptors (Lipinski definition) is 4. The van der Waals surface area contributed by atoms with Crippen LogP contribution in [0, 0.1) is 0 Å². The van der Waals surface area contributed by atoms with Gasteiger partial charge in [0.25, 0.3) is 0 Å². The largest absolute Gasteiger partial charge is 0.352 e. The lowest BCUT2D eigenvalue weighted by atomic mass is 10.0. The van der Waals surface area contributed by atoms with Crippen molar-refractivity contribution in [2.24, 2.45) is 0 Å². The van der Waals surface area contributed by atoms with E-state index in [1.54, 1.807) is 6.20 Å². The molecule has 0 radical (unpaired) electrons. The van der Waals surface area contributed by atoms with Gasteiger partial charge < -0.3 is 19.7 Å². The summed E-state index contributed by atoms with van der Waals surface area (Å²) in [5.41, 5.74) is 2.08. The molecule has 8 heteroatoms. The molecule has 1 saturated heterocycles. The second kappa shape index (κ2) is 9.12. The van der Waals surface area contributed by atoms with Crippen LogP contribution in [0.15, 0.2) is 61.1 Å². The molecular formula is C22H25ClN6S. The van der Waals surface area contributed by atoms with Gasteiger partial charge in [0.05, 0.1) is 22.8 Å². The van der Waals surface area contributed by atoms with Crippen molar-refractivity contribution in [3.05, 3.63) is 77.5 Å². The molecule has 156 valence electrons. The first-order valence-electron chi connectivity index (χ1n) is 9.96. The fraction of sp³-hybridized carbons (Fsp3) is 0.318. The van der Waals surface area contributed by atoms with Gasteiger partial charge in [0.1, 0.15) is 5.82 Å². The molecule has 0 aromatic carbocycles. The molecule has 2 atom stereocenters. The Bertz CT molecular complexity index is 988. The number of nitrogens with one attached hydrogen (secondary N) is 1. The van der Waals surface area contributed by atoms with Crippen LogP contribution in [0.5, 0.6) is 0 Å². The van der Waals surface area contributed by atoms with Crippen molar-refractivity contribution in [1.82, 2.24) is 29.7 Å². The maximum atomic E-state index is 6.05. The third-order valence-corrected chi connectivity index (χ3v) is 5.82. The summed E-state index contributed by atoms with van der Waals surface area (Å²) in [7, 11) is 4.18. The van der Waals surface area contributed by atoms with E-state index in [-0.39, 0.29) is 12.1 Å². The summed E-state index contributed by atoms with van der Waals surface area (Å²) in [6, 6.07) is 13.9. The minimum absolute atomic E-state index is 0.00189. The van der Waals surface area contributed by atoms with Gasteiger partial charge in [-0.15, -0.1) is 0 Å². The Morgan fingerprint density at radius 1 is 1.13 bits per heavy atom. The van der Waals surface area contributed by atoms with Gasteiger partial charge in [-0.3, -0.25) is 4.98 Å². The first kappa shape index (κ1) is 20.8. The summed E-state index contributed by atoms with van der Waals surface area (Å²) in [4.78, 5) is 13.6. The maximum absolute atomic E-state index is 6.05. The van der Waals surface area contributed by atoms with Gasteiger partial charge in [0.15, 0.2) is 5.11 Å². The molecule has 0 spiro atoms. The molecule has 0 unspecified atom stereocenters. The molecule has 3 aromatic heterocycles. The Labute approximate surface area is 187 Å². The van der Waals surface area contributed by atoms with Crippen LogP contribution in [-0.4, -0.2) is 56.6 Å². The molecule has 3 aromatic rings. The molecule has 0 saturated carbocycles. The predicted octanol–water partition coefficient (Wildman–Crippen LogP) is 3.84. The summed E-state index contributed by atoms with van der Waals surface area (Å²) in [5.74, 6) is 0.824. The second-order valence-corrected chi connectivity index (χ2v) is 8.44. The normalized spacial score (nSPS) is 18.8. The summed E-state index contributed by atoms with van der Waals surface area (Å²) < 4.78 is 2.10. The molecule has 4 heterocycles. The molecule has 0 amide bonds. The average molecular weight is 441 g/mol. The van der Waals surface area contributed by atoms with Crippen LogP contribution >= 0.6 is 23.8 Å². The number of hydrogen-bond donors (Lipinski definition) is 1. The highest BCUT2D eigenvalue weighted by Crippen LogP contribution is 2.39. The second-order valence-electron chi connectivity index (χ2n) is 7.61. The monoisotopic (exact) mass is 440 g/mol. The number of nitrogens with zero attached hydrogens (tertiary/aromatic N) is 5. The number of rotatable bonds is 7.